The van der Waals surface area contributed by atoms with Gasteiger partial charge in [0, 0.05) is 5.92 Å². The molecule has 2 atom stereocenters. The zero-order valence-corrected chi connectivity index (χ0v) is 11.7. The lowest BCUT2D eigenvalue weighted by Gasteiger charge is -2.31. The minimum Gasteiger partial charge on any atom is -0.450 e. The summed E-state index contributed by atoms with van der Waals surface area (Å²) in [6, 6.07) is 0. The van der Waals surface area contributed by atoms with Gasteiger partial charge in [0.1, 0.15) is 0 Å². The summed E-state index contributed by atoms with van der Waals surface area (Å²) in [6.45, 7) is 9.85. The third-order valence-corrected chi connectivity index (χ3v) is 2.52. The van der Waals surface area contributed by atoms with Crippen molar-refractivity contribution in [2.24, 2.45) is 5.92 Å². The summed E-state index contributed by atoms with van der Waals surface area (Å²) < 4.78 is 10.6. The zero-order chi connectivity index (χ0) is 13.5. The van der Waals surface area contributed by atoms with Crippen LogP contribution in [0.3, 0.4) is 0 Å². The van der Waals surface area contributed by atoms with Gasteiger partial charge < -0.3 is 14.6 Å². The first-order valence-corrected chi connectivity index (χ1v) is 6.37. The quantitative estimate of drug-likeness (QED) is 0.544. The first kappa shape index (κ1) is 16.2. The van der Waals surface area contributed by atoms with Crippen LogP contribution >= 0.6 is 0 Å². The molecule has 0 heterocycles. The lowest BCUT2D eigenvalue weighted by molar-refractivity contribution is -0.199. The Morgan fingerprint density at radius 2 is 1.88 bits per heavy atom. The molecule has 1 N–H and O–H groups in total. The Hall–Kier alpha value is -0.770. The van der Waals surface area contributed by atoms with Gasteiger partial charge in [-0.3, -0.25) is 0 Å². The number of ether oxygens (including phenoxy) is 2. The highest BCUT2D eigenvalue weighted by molar-refractivity contribution is 5.56. The van der Waals surface area contributed by atoms with Crippen molar-refractivity contribution in [2.75, 3.05) is 0 Å². The van der Waals surface area contributed by atoms with Gasteiger partial charge in [-0.15, -0.1) is 0 Å². The molecule has 0 spiro atoms. The fourth-order valence-electron chi connectivity index (χ4n) is 1.66. The molecule has 0 amide bonds. The first-order valence-electron chi connectivity index (χ1n) is 6.37. The van der Waals surface area contributed by atoms with Crippen molar-refractivity contribution in [3.63, 3.8) is 0 Å². The first-order chi connectivity index (χ1) is 7.80. The van der Waals surface area contributed by atoms with Gasteiger partial charge >= 0.3 is 6.16 Å². The highest BCUT2D eigenvalue weighted by atomic mass is 16.8. The average Bonchev–Trinajstić information content (AvgIpc) is 2.15. The standard InChI is InChI=1S/C13H26O4/c1-6-8-9-10(7-2)11(16-12(14)15)17-13(3,4)5/h10-11H,6-9H2,1-5H3,(H,14,15). The number of rotatable bonds is 7. The second-order valence-corrected chi connectivity index (χ2v) is 5.29. The molecule has 0 aliphatic heterocycles. The van der Waals surface area contributed by atoms with Crippen LogP contribution in [0.25, 0.3) is 0 Å². The topological polar surface area (TPSA) is 55.8 Å². The number of carbonyl (C=O) groups is 1. The van der Waals surface area contributed by atoms with Crippen molar-refractivity contribution in [3.05, 3.63) is 0 Å². The average molecular weight is 246 g/mol. The summed E-state index contributed by atoms with van der Waals surface area (Å²) in [5.74, 6) is 0.130. The molecule has 0 aromatic carbocycles. The van der Waals surface area contributed by atoms with Crippen molar-refractivity contribution >= 4 is 6.16 Å². The second-order valence-electron chi connectivity index (χ2n) is 5.29. The van der Waals surface area contributed by atoms with E-state index in [-0.39, 0.29) is 5.92 Å². The van der Waals surface area contributed by atoms with E-state index in [1.165, 1.54) is 0 Å². The minimum atomic E-state index is -1.27. The molecule has 0 aliphatic carbocycles. The SMILES string of the molecule is CCCCC(CC)C(OC(=O)O)OC(C)(C)C. The summed E-state index contributed by atoms with van der Waals surface area (Å²) in [5.41, 5.74) is -0.403. The van der Waals surface area contributed by atoms with E-state index in [0.717, 1.165) is 25.7 Å². The fraction of sp³-hybridized carbons (Fsp3) is 0.923. The third kappa shape index (κ3) is 8.02. The number of hydrogen-bond donors (Lipinski definition) is 1. The maximum atomic E-state index is 10.7. The molecule has 2 unspecified atom stereocenters. The molecule has 0 saturated heterocycles. The molecule has 0 aliphatic rings. The lowest BCUT2D eigenvalue weighted by Crippen LogP contribution is -2.36. The van der Waals surface area contributed by atoms with Gasteiger partial charge in [-0.1, -0.05) is 26.7 Å². The predicted octanol–water partition coefficient (Wildman–Crippen LogP) is 4.04. The molecule has 0 fully saturated rings. The van der Waals surface area contributed by atoms with E-state index in [1.54, 1.807) is 0 Å². The van der Waals surface area contributed by atoms with E-state index in [1.807, 2.05) is 27.7 Å². The van der Waals surface area contributed by atoms with E-state index in [4.69, 9.17) is 14.6 Å². The third-order valence-electron chi connectivity index (χ3n) is 2.52. The van der Waals surface area contributed by atoms with Crippen molar-refractivity contribution < 1.29 is 19.4 Å². The monoisotopic (exact) mass is 246 g/mol. The number of carboxylic acid groups (broad SMARTS) is 1. The van der Waals surface area contributed by atoms with Gasteiger partial charge in [0.2, 0.25) is 6.29 Å². The highest BCUT2D eigenvalue weighted by Crippen LogP contribution is 2.24. The van der Waals surface area contributed by atoms with Crippen LogP contribution in [0, 0.1) is 5.92 Å². The van der Waals surface area contributed by atoms with Gasteiger partial charge in [0.05, 0.1) is 5.60 Å². The van der Waals surface area contributed by atoms with Crippen LogP contribution in [0.4, 0.5) is 4.79 Å². The van der Waals surface area contributed by atoms with Gasteiger partial charge in [0.25, 0.3) is 0 Å². The van der Waals surface area contributed by atoms with Crippen molar-refractivity contribution in [2.45, 2.75) is 72.2 Å². The number of unbranched alkanes of at least 4 members (excludes halogenated alkanes) is 1. The molecule has 0 aromatic heterocycles. The van der Waals surface area contributed by atoms with Gasteiger partial charge in [-0.05, 0) is 33.6 Å². The smallest absolute Gasteiger partial charge is 0.450 e. The zero-order valence-electron chi connectivity index (χ0n) is 11.7. The molecule has 0 rings (SSSR count). The van der Waals surface area contributed by atoms with E-state index in [9.17, 15) is 4.79 Å². The van der Waals surface area contributed by atoms with E-state index < -0.39 is 18.0 Å². The predicted molar refractivity (Wildman–Crippen MR) is 67.0 cm³/mol. The van der Waals surface area contributed by atoms with Crippen LogP contribution in [0.15, 0.2) is 0 Å². The van der Waals surface area contributed by atoms with Crippen LogP contribution in [-0.2, 0) is 9.47 Å². The van der Waals surface area contributed by atoms with Gasteiger partial charge in [0.15, 0.2) is 0 Å². The Kier molecular flexibility index (Phi) is 7.19. The normalized spacial score (nSPS) is 15.4. The van der Waals surface area contributed by atoms with E-state index in [2.05, 4.69) is 6.92 Å². The molecule has 0 radical (unpaired) electrons. The fourth-order valence-corrected chi connectivity index (χ4v) is 1.66. The van der Waals surface area contributed by atoms with Crippen LogP contribution in [0.5, 0.6) is 0 Å². The molecule has 102 valence electrons. The maximum Gasteiger partial charge on any atom is 0.508 e. The lowest BCUT2D eigenvalue weighted by atomic mass is 9.98. The number of hydrogen-bond acceptors (Lipinski definition) is 3. The summed E-state index contributed by atoms with van der Waals surface area (Å²) in [4.78, 5) is 10.7. The van der Waals surface area contributed by atoms with Crippen molar-refractivity contribution in [1.82, 2.24) is 0 Å². The molecule has 0 saturated carbocycles. The summed E-state index contributed by atoms with van der Waals surface area (Å²) in [5, 5.41) is 8.75. The molecular weight excluding hydrogens is 220 g/mol. The molecule has 4 nitrogen and oxygen atoms in total. The summed E-state index contributed by atoms with van der Waals surface area (Å²) in [6.07, 6.45) is 2.00. The van der Waals surface area contributed by atoms with Gasteiger partial charge in [-0.25, -0.2) is 4.79 Å². The minimum absolute atomic E-state index is 0.130. The second kappa shape index (κ2) is 7.54. The summed E-state index contributed by atoms with van der Waals surface area (Å²) >= 11 is 0. The van der Waals surface area contributed by atoms with E-state index >= 15 is 0 Å². The Morgan fingerprint density at radius 3 is 2.24 bits per heavy atom. The van der Waals surface area contributed by atoms with Crippen molar-refractivity contribution in [3.8, 4) is 0 Å². The maximum absolute atomic E-state index is 10.7. The molecule has 0 bridgehead atoms. The largest absolute Gasteiger partial charge is 0.508 e. The Labute approximate surface area is 104 Å². The van der Waals surface area contributed by atoms with Gasteiger partial charge in [-0.2, -0.15) is 0 Å². The Bertz CT molecular complexity index is 220. The van der Waals surface area contributed by atoms with Crippen LogP contribution in [0.1, 0.15) is 60.3 Å². The summed E-state index contributed by atoms with van der Waals surface area (Å²) in [7, 11) is 0. The Balaban J connectivity index is 4.55. The Morgan fingerprint density at radius 1 is 1.29 bits per heavy atom. The molecular formula is C13H26O4. The molecule has 17 heavy (non-hydrogen) atoms. The van der Waals surface area contributed by atoms with Crippen LogP contribution < -0.4 is 0 Å². The van der Waals surface area contributed by atoms with Crippen molar-refractivity contribution in [1.29, 1.82) is 0 Å². The van der Waals surface area contributed by atoms with E-state index in [0.29, 0.717) is 0 Å². The molecule has 0 aromatic rings. The van der Waals surface area contributed by atoms with Crippen LogP contribution in [-0.4, -0.2) is 23.2 Å². The molecule has 4 heteroatoms. The highest BCUT2D eigenvalue weighted by Gasteiger charge is 2.28. The van der Waals surface area contributed by atoms with Crippen LogP contribution in [0.2, 0.25) is 0 Å².